The van der Waals surface area contributed by atoms with Crippen LogP contribution in [0.3, 0.4) is 0 Å². The molecule has 1 aliphatic carbocycles. The Balaban J connectivity index is 1.22. The molecule has 3 aliphatic rings. The first-order valence-corrected chi connectivity index (χ1v) is 31.6. The third kappa shape index (κ3) is 17.4. The van der Waals surface area contributed by atoms with E-state index in [1.54, 1.807) is 26.0 Å². The minimum absolute atomic E-state index is 0.0460. The molecule has 426 valence electrons. The van der Waals surface area contributed by atoms with Gasteiger partial charge in [0, 0.05) is 77.5 Å². The topological polar surface area (TPSA) is 189 Å². The number of carbonyl (C=O) groups excluding carboxylic acids is 2. The van der Waals surface area contributed by atoms with Crippen LogP contribution in [0.25, 0.3) is 0 Å². The number of unbranched alkanes of at least 4 members (excludes halogenated alkanes) is 3. The normalized spacial score (nSPS) is 17.3. The number of amides is 1. The molecule has 0 unspecified atom stereocenters. The van der Waals surface area contributed by atoms with Gasteiger partial charge < -0.3 is 28.9 Å². The van der Waals surface area contributed by atoms with E-state index in [1.165, 1.54) is 33.7 Å². The van der Waals surface area contributed by atoms with Gasteiger partial charge >= 0.3 is 5.97 Å². The second-order valence-corrected chi connectivity index (χ2v) is 26.4. The standard InChI is InChI=1S/C60H82N4O11S3/c1-59(2)48-22-11-13-24-50(48)62(36-15-9-10-26-56(65)61-35-33-45-27-30-52(73-7)53(44-45)74-8)54(59)31-28-46-20-18-21-47(58(46)76-41-34-57(66)75-40-39-64(5,6)38-19-43-78(70,71)72)29-32-55-60(3,4)49-23-12-14-25-51(49)63(55)37-16-17-42-77(67,68)69/h11-14,22-25,27-32,44H,9-10,15-21,26,33-43H2,1-8H3,(H-2,61,65,67,68,69,70,71,72)/p+2. The van der Waals surface area contributed by atoms with E-state index < -0.39 is 20.2 Å². The average Bonchev–Trinajstić information content (AvgIpc) is 3.89. The quantitative estimate of drug-likeness (QED) is 0.0188. The van der Waals surface area contributed by atoms with Crippen LogP contribution in [-0.2, 0) is 51.8 Å². The smallest absolute Gasteiger partial charge is 0.306 e. The monoisotopic (exact) mass is 1130 g/mol. The Morgan fingerprint density at radius 1 is 0.782 bits per heavy atom. The number of anilines is 1. The van der Waals surface area contributed by atoms with Crippen molar-refractivity contribution in [2.75, 3.05) is 89.8 Å². The highest BCUT2D eigenvalue weighted by atomic mass is 32.2. The van der Waals surface area contributed by atoms with E-state index in [9.17, 15) is 35.5 Å². The molecule has 15 nitrogen and oxygen atoms in total. The van der Waals surface area contributed by atoms with Crippen LogP contribution < -0.4 is 19.7 Å². The van der Waals surface area contributed by atoms with Gasteiger partial charge in [0.1, 0.15) is 19.7 Å². The van der Waals surface area contributed by atoms with Gasteiger partial charge in [-0.05, 0) is 112 Å². The molecule has 3 aromatic carbocycles. The summed E-state index contributed by atoms with van der Waals surface area (Å²) < 4.78 is 83.7. The summed E-state index contributed by atoms with van der Waals surface area (Å²) in [5.41, 5.74) is 9.82. The number of rotatable bonds is 30. The third-order valence-electron chi connectivity index (χ3n) is 15.1. The maximum atomic E-state index is 13.3. The molecule has 0 saturated carbocycles. The first-order valence-electron chi connectivity index (χ1n) is 27.4. The number of fused-ring (bicyclic) bond motifs is 2. The molecule has 3 N–H and O–H groups in total. The van der Waals surface area contributed by atoms with Gasteiger partial charge in [0.05, 0.1) is 58.2 Å². The van der Waals surface area contributed by atoms with Crippen molar-refractivity contribution in [3.05, 3.63) is 129 Å². The molecule has 0 saturated heterocycles. The molecule has 6 rings (SSSR count). The van der Waals surface area contributed by atoms with Crippen molar-refractivity contribution >= 4 is 61.0 Å². The average molecular weight is 1130 g/mol. The Hall–Kier alpha value is -5.24. The fourth-order valence-corrected chi connectivity index (χ4v) is 13.0. The van der Waals surface area contributed by atoms with Crippen molar-refractivity contribution in [3.8, 4) is 11.5 Å². The Bertz CT molecular complexity index is 2990. The summed E-state index contributed by atoms with van der Waals surface area (Å²) in [6.45, 7) is 12.1. The van der Waals surface area contributed by atoms with Crippen LogP contribution in [0, 0.1) is 0 Å². The van der Waals surface area contributed by atoms with Gasteiger partial charge in [-0.2, -0.15) is 21.4 Å². The van der Waals surface area contributed by atoms with Crippen LogP contribution in [0.2, 0.25) is 0 Å². The van der Waals surface area contributed by atoms with Crippen LogP contribution in [0.15, 0.2) is 113 Å². The number of methoxy groups -OCH3 is 2. The van der Waals surface area contributed by atoms with E-state index in [0.717, 1.165) is 66.9 Å². The van der Waals surface area contributed by atoms with Crippen molar-refractivity contribution < 1.29 is 58.8 Å². The molecule has 0 aromatic heterocycles. The predicted molar refractivity (Wildman–Crippen MR) is 314 cm³/mol. The Labute approximate surface area is 469 Å². The summed E-state index contributed by atoms with van der Waals surface area (Å²) >= 11 is 1.67. The third-order valence-corrected chi connectivity index (χ3v) is 18.0. The van der Waals surface area contributed by atoms with E-state index in [2.05, 4.69) is 103 Å². The lowest BCUT2D eigenvalue weighted by atomic mass is 9.81. The maximum Gasteiger partial charge on any atom is 0.306 e. The summed E-state index contributed by atoms with van der Waals surface area (Å²) in [7, 11) is -1.01. The molecule has 0 spiro atoms. The van der Waals surface area contributed by atoms with Crippen molar-refractivity contribution in [1.82, 2.24) is 5.32 Å². The SMILES string of the molecule is COc1ccc(CCNC(=O)CCCCC[N+]2=C(/C=C/C3=C(SCCC(=O)OCC[N+](C)(C)CCCS(=O)(=O)O)C(=C/C=C4/N(CCCCS(=O)(=O)O)c5ccccc5C4(C)C)/CCC3)C(C)(C)c3ccccc32)cc1OC. The van der Waals surface area contributed by atoms with E-state index in [-0.39, 0.29) is 47.2 Å². The van der Waals surface area contributed by atoms with Gasteiger partial charge in [-0.25, -0.2) is 0 Å². The zero-order valence-corrected chi connectivity index (χ0v) is 49.6. The number of hydrogen-bond acceptors (Lipinski definition) is 11. The molecule has 3 aromatic rings. The van der Waals surface area contributed by atoms with Gasteiger partial charge in [0.2, 0.25) is 11.6 Å². The molecule has 0 bridgehead atoms. The molecular weight excluding hydrogens is 1050 g/mol. The van der Waals surface area contributed by atoms with Gasteiger partial charge in [-0.3, -0.25) is 18.7 Å². The van der Waals surface area contributed by atoms with Gasteiger partial charge in [-0.15, -0.1) is 11.8 Å². The molecule has 0 fully saturated rings. The number of thioether (sulfide) groups is 1. The zero-order chi connectivity index (χ0) is 56.7. The molecule has 0 atom stereocenters. The zero-order valence-electron chi connectivity index (χ0n) is 47.1. The number of nitrogens with one attached hydrogen (secondary N) is 1. The number of hydrogen-bond donors (Lipinski definition) is 3. The van der Waals surface area contributed by atoms with E-state index >= 15 is 0 Å². The summed E-state index contributed by atoms with van der Waals surface area (Å²) in [5, 5.41) is 3.08. The minimum atomic E-state index is -4.07. The predicted octanol–water partition coefficient (Wildman–Crippen LogP) is 10.3. The molecular formula is C60H84N4O11S3+2. The largest absolute Gasteiger partial charge is 0.493 e. The van der Waals surface area contributed by atoms with Crippen LogP contribution >= 0.6 is 11.8 Å². The molecule has 1 amide bonds. The number of esters is 1. The number of quaternary nitrogens is 1. The highest BCUT2D eigenvalue weighted by Crippen LogP contribution is 2.48. The number of allylic oxidation sites excluding steroid dienone is 7. The highest BCUT2D eigenvalue weighted by molar-refractivity contribution is 8.03. The van der Waals surface area contributed by atoms with Crippen LogP contribution in [0.1, 0.15) is 115 Å². The van der Waals surface area contributed by atoms with Crippen molar-refractivity contribution in [2.24, 2.45) is 0 Å². The van der Waals surface area contributed by atoms with Crippen LogP contribution in [0.5, 0.6) is 11.5 Å². The number of likely N-dealkylation sites (N-methyl/N-ethyl adjacent to an activating group) is 1. The molecule has 18 heteroatoms. The van der Waals surface area contributed by atoms with Crippen molar-refractivity contribution in [2.45, 2.75) is 116 Å². The number of ether oxygens (including phenoxy) is 3. The van der Waals surface area contributed by atoms with E-state index in [0.29, 0.717) is 80.0 Å². The first-order chi connectivity index (χ1) is 36.9. The molecule has 2 aliphatic heterocycles. The van der Waals surface area contributed by atoms with Gasteiger partial charge in [0.25, 0.3) is 20.2 Å². The molecule has 78 heavy (non-hydrogen) atoms. The summed E-state index contributed by atoms with van der Waals surface area (Å²) in [5.74, 6) is 0.981. The lowest BCUT2D eigenvalue weighted by molar-refractivity contribution is -0.890. The first kappa shape index (κ1) is 62.0. The second kappa shape index (κ2) is 27.8. The van der Waals surface area contributed by atoms with Crippen LogP contribution in [-0.4, -0.2) is 137 Å². The van der Waals surface area contributed by atoms with Crippen LogP contribution in [0.4, 0.5) is 11.4 Å². The lowest BCUT2D eigenvalue weighted by Crippen LogP contribution is -2.43. The second-order valence-electron chi connectivity index (χ2n) is 22.2. The van der Waals surface area contributed by atoms with E-state index in [4.69, 9.17) is 14.2 Å². The van der Waals surface area contributed by atoms with E-state index in [1.807, 2.05) is 44.4 Å². The van der Waals surface area contributed by atoms with Crippen molar-refractivity contribution in [1.29, 1.82) is 0 Å². The summed E-state index contributed by atoms with van der Waals surface area (Å²) in [4.78, 5) is 29.6. The van der Waals surface area contributed by atoms with Gasteiger partial charge in [-0.1, -0.05) is 68.5 Å². The number of benzene rings is 3. The number of nitrogens with zero attached hydrogens (tertiary/aromatic N) is 3. The Kier molecular flexibility index (Phi) is 22.1. The Morgan fingerprint density at radius 3 is 2.22 bits per heavy atom. The molecule has 0 radical (unpaired) electrons. The fourth-order valence-electron chi connectivity index (χ4n) is 10.8. The van der Waals surface area contributed by atoms with Crippen molar-refractivity contribution in [3.63, 3.8) is 0 Å². The minimum Gasteiger partial charge on any atom is -0.493 e. The fraction of sp³-hybridized carbons (Fsp3) is 0.517. The lowest BCUT2D eigenvalue weighted by Gasteiger charge is -2.29. The highest BCUT2D eigenvalue weighted by Gasteiger charge is 2.44. The Morgan fingerprint density at radius 2 is 1.49 bits per heavy atom. The maximum absolute atomic E-state index is 13.3. The number of para-hydroxylation sites is 2. The number of carbonyl (C=O) groups is 2. The summed E-state index contributed by atoms with van der Waals surface area (Å²) in [6.07, 6.45) is 16.8. The van der Waals surface area contributed by atoms with Gasteiger partial charge in [0.15, 0.2) is 17.2 Å². The molecule has 2 heterocycles. The summed E-state index contributed by atoms with van der Waals surface area (Å²) in [6, 6.07) is 22.7.